The molecule has 0 aliphatic carbocycles. The van der Waals surface area contributed by atoms with Gasteiger partial charge in [-0.25, -0.2) is 0 Å². The first-order valence-corrected chi connectivity index (χ1v) is 14.8. The lowest BCUT2D eigenvalue weighted by Crippen LogP contribution is -2.29. The van der Waals surface area contributed by atoms with Crippen molar-refractivity contribution < 1.29 is 29.3 Å². The molecule has 0 bridgehead atoms. The summed E-state index contributed by atoms with van der Waals surface area (Å²) >= 11 is 14.8. The number of carbonyl (C=O) groups excluding carboxylic acids is 2. The molecular weight excluding hydrogens is 609 g/mol. The molecule has 3 aromatic carbocycles. The van der Waals surface area contributed by atoms with E-state index in [0.717, 1.165) is 16.9 Å². The molecule has 9 nitrogen and oxygen atoms in total. The third-order valence-electron chi connectivity index (χ3n) is 6.41. The van der Waals surface area contributed by atoms with E-state index in [4.69, 9.17) is 32.7 Å². The number of nitrogens with zero attached hydrogens (tertiary/aromatic N) is 3. The van der Waals surface area contributed by atoms with Crippen LogP contribution in [0.4, 0.5) is 5.13 Å². The molecule has 6 rings (SSSR count). The first-order valence-electron chi connectivity index (χ1n) is 12.2. The van der Waals surface area contributed by atoms with Crippen LogP contribution in [-0.4, -0.2) is 45.3 Å². The van der Waals surface area contributed by atoms with E-state index in [1.807, 2.05) is 6.07 Å². The first-order chi connectivity index (χ1) is 19.8. The van der Waals surface area contributed by atoms with Crippen molar-refractivity contribution >= 4 is 68.9 Å². The predicted molar refractivity (Wildman–Crippen MR) is 156 cm³/mol. The van der Waals surface area contributed by atoms with Gasteiger partial charge in [-0.3, -0.25) is 14.5 Å². The number of halogens is 2. The van der Waals surface area contributed by atoms with Crippen LogP contribution < -0.4 is 14.4 Å². The third kappa shape index (κ3) is 5.33. The first kappa shape index (κ1) is 27.4. The van der Waals surface area contributed by atoms with Crippen molar-refractivity contribution in [3.05, 3.63) is 93.0 Å². The number of aromatic hydroxyl groups is 1. The summed E-state index contributed by atoms with van der Waals surface area (Å²) in [6.45, 7) is 0.738. The van der Waals surface area contributed by atoms with Crippen molar-refractivity contribution in [1.82, 2.24) is 10.2 Å². The highest BCUT2D eigenvalue weighted by Gasteiger charge is 2.48. The summed E-state index contributed by atoms with van der Waals surface area (Å²) in [5.41, 5.74) is 1.36. The molecule has 1 saturated heterocycles. The Balaban J connectivity index is 1.38. The van der Waals surface area contributed by atoms with Crippen LogP contribution in [0.3, 0.4) is 0 Å². The number of aliphatic hydroxyl groups excluding tert-OH is 1. The maximum absolute atomic E-state index is 13.4. The predicted octanol–water partition coefficient (Wildman–Crippen LogP) is 6.24. The number of fused-ring (bicyclic) bond motifs is 1. The Morgan fingerprint density at radius 1 is 1.02 bits per heavy atom. The van der Waals surface area contributed by atoms with Crippen LogP contribution in [0.25, 0.3) is 5.76 Å². The molecule has 2 N–H and O–H groups in total. The fourth-order valence-electron chi connectivity index (χ4n) is 4.52. The van der Waals surface area contributed by atoms with Gasteiger partial charge in [-0.15, -0.1) is 10.2 Å². The molecule has 13 heteroatoms. The van der Waals surface area contributed by atoms with Crippen LogP contribution in [-0.2, 0) is 15.3 Å². The van der Waals surface area contributed by atoms with Crippen molar-refractivity contribution in [2.45, 2.75) is 16.1 Å². The number of aromatic nitrogens is 2. The number of anilines is 1. The second-order valence-electron chi connectivity index (χ2n) is 9.00. The minimum absolute atomic E-state index is 0.0687. The molecule has 1 fully saturated rings. The Kier molecular flexibility index (Phi) is 7.52. The zero-order valence-electron chi connectivity index (χ0n) is 20.9. The van der Waals surface area contributed by atoms with Gasteiger partial charge in [-0.05, 0) is 53.6 Å². The largest absolute Gasteiger partial charge is 0.508 e. The van der Waals surface area contributed by atoms with E-state index in [1.165, 1.54) is 28.8 Å². The van der Waals surface area contributed by atoms with Crippen LogP contribution in [0, 0.1) is 0 Å². The molecule has 1 unspecified atom stereocenters. The highest BCUT2D eigenvalue weighted by atomic mass is 35.5. The van der Waals surface area contributed by atoms with Crippen molar-refractivity contribution in [2.24, 2.45) is 0 Å². The molecule has 0 spiro atoms. The zero-order valence-corrected chi connectivity index (χ0v) is 24.1. The number of amides is 1. The van der Waals surface area contributed by atoms with E-state index in [2.05, 4.69) is 10.2 Å². The molecule has 2 aliphatic heterocycles. The van der Waals surface area contributed by atoms with Crippen molar-refractivity contribution in [3.8, 4) is 17.2 Å². The van der Waals surface area contributed by atoms with Crippen LogP contribution in [0.5, 0.6) is 17.2 Å². The van der Waals surface area contributed by atoms with Crippen LogP contribution in [0.15, 0.2) is 70.6 Å². The third-order valence-corrected chi connectivity index (χ3v) is 9.11. The number of ketones is 1. The Morgan fingerprint density at radius 2 is 1.83 bits per heavy atom. The van der Waals surface area contributed by atoms with E-state index in [0.29, 0.717) is 50.4 Å². The van der Waals surface area contributed by atoms with Gasteiger partial charge in [0, 0.05) is 21.4 Å². The SMILES string of the molecule is O=C1C(=O)N(c2nnc(SCc3ccc(Cl)cc3Cl)s2)C(c2cccc(O)c2)/C1=C(\O)c1ccc2c(c1)OCCO2. The molecule has 4 aromatic rings. The lowest BCUT2D eigenvalue weighted by atomic mass is 9.95. The number of hydrogen-bond acceptors (Lipinski definition) is 10. The smallest absolute Gasteiger partial charge is 0.301 e. The minimum Gasteiger partial charge on any atom is -0.508 e. The van der Waals surface area contributed by atoms with Gasteiger partial charge in [0.1, 0.15) is 24.7 Å². The summed E-state index contributed by atoms with van der Waals surface area (Å²) in [6, 6.07) is 15.0. The molecule has 208 valence electrons. The lowest BCUT2D eigenvalue weighted by Gasteiger charge is -2.23. The Morgan fingerprint density at radius 3 is 2.61 bits per heavy atom. The molecule has 1 aromatic heterocycles. The monoisotopic (exact) mass is 627 g/mol. The minimum atomic E-state index is -1.08. The van der Waals surface area contributed by atoms with E-state index >= 15 is 0 Å². The second kappa shape index (κ2) is 11.2. The number of phenols is 1. The van der Waals surface area contributed by atoms with E-state index in [1.54, 1.807) is 42.5 Å². The molecule has 0 radical (unpaired) electrons. The molecule has 41 heavy (non-hydrogen) atoms. The standard InChI is InChI=1S/C28H19Cl2N3O6S2/c29-17-6-4-16(19(30)12-17)13-40-28-32-31-27(41-28)33-23(14-2-1-3-18(34)10-14)22(25(36)26(33)37)24(35)15-5-7-20-21(11-15)39-9-8-38-20/h1-7,10-12,23,34-35H,8-9,13H2/b24-22+. The molecule has 2 aliphatic rings. The highest BCUT2D eigenvalue weighted by molar-refractivity contribution is 8.00. The van der Waals surface area contributed by atoms with Gasteiger partial charge in [0.05, 0.1) is 11.6 Å². The number of Topliss-reactive ketones (excluding diaryl/α,β-unsaturated/α-hetero) is 1. The quantitative estimate of drug-likeness (QED) is 0.0840. The summed E-state index contributed by atoms with van der Waals surface area (Å²) in [4.78, 5) is 28.1. The van der Waals surface area contributed by atoms with Gasteiger partial charge in [-0.1, -0.05) is 64.5 Å². The number of phenolic OH excluding ortho intramolecular Hbond substituents is 1. The summed E-state index contributed by atoms with van der Waals surface area (Å²) in [7, 11) is 0. The number of hydrogen-bond donors (Lipinski definition) is 2. The number of ether oxygens (including phenoxy) is 2. The lowest BCUT2D eigenvalue weighted by molar-refractivity contribution is -0.132. The summed E-state index contributed by atoms with van der Waals surface area (Å²) in [6.07, 6.45) is 0. The number of aliphatic hydroxyl groups is 1. The van der Waals surface area contributed by atoms with Crippen molar-refractivity contribution in [3.63, 3.8) is 0 Å². The molecular formula is C28H19Cl2N3O6S2. The number of benzene rings is 3. The van der Waals surface area contributed by atoms with Crippen LogP contribution in [0.2, 0.25) is 10.0 Å². The van der Waals surface area contributed by atoms with Crippen molar-refractivity contribution in [1.29, 1.82) is 0 Å². The fourth-order valence-corrected chi connectivity index (χ4v) is 6.95. The van der Waals surface area contributed by atoms with Crippen LogP contribution in [0.1, 0.15) is 22.7 Å². The van der Waals surface area contributed by atoms with Gasteiger partial charge in [0.15, 0.2) is 15.8 Å². The Bertz CT molecular complexity index is 1730. The average molecular weight is 629 g/mol. The van der Waals surface area contributed by atoms with Crippen molar-refractivity contribution in [2.75, 3.05) is 18.1 Å². The van der Waals surface area contributed by atoms with Gasteiger partial charge >= 0.3 is 5.91 Å². The topological polar surface area (TPSA) is 122 Å². The number of rotatable bonds is 6. The second-order valence-corrected chi connectivity index (χ2v) is 12.0. The molecule has 3 heterocycles. The average Bonchev–Trinajstić information content (AvgIpc) is 3.53. The van der Waals surface area contributed by atoms with Gasteiger partial charge in [0.2, 0.25) is 5.13 Å². The number of thioether (sulfide) groups is 1. The van der Waals surface area contributed by atoms with E-state index < -0.39 is 23.5 Å². The Labute approximate surface area is 251 Å². The molecule has 1 amide bonds. The Hall–Kier alpha value is -3.77. The summed E-state index contributed by atoms with van der Waals surface area (Å²) in [5.74, 6) is -0.849. The van der Waals surface area contributed by atoms with E-state index in [9.17, 15) is 19.8 Å². The molecule has 0 saturated carbocycles. The summed E-state index contributed by atoms with van der Waals surface area (Å²) in [5, 5.41) is 31.2. The summed E-state index contributed by atoms with van der Waals surface area (Å²) < 4.78 is 11.7. The normalized spacial score (nSPS) is 17.7. The van der Waals surface area contributed by atoms with Gasteiger partial charge in [-0.2, -0.15) is 0 Å². The fraction of sp³-hybridized carbons (Fsp3) is 0.143. The van der Waals surface area contributed by atoms with Crippen LogP contribution >= 0.6 is 46.3 Å². The highest BCUT2D eigenvalue weighted by Crippen LogP contribution is 2.45. The van der Waals surface area contributed by atoms with Gasteiger partial charge in [0.25, 0.3) is 5.78 Å². The zero-order chi connectivity index (χ0) is 28.7. The molecule has 1 atom stereocenters. The maximum atomic E-state index is 13.4. The van der Waals surface area contributed by atoms with Gasteiger partial charge < -0.3 is 19.7 Å². The maximum Gasteiger partial charge on any atom is 0.301 e. The van der Waals surface area contributed by atoms with E-state index in [-0.39, 0.29) is 22.0 Å². The number of carbonyl (C=O) groups is 2.